The number of H-pyrrole nitrogens is 1. The highest BCUT2D eigenvalue weighted by molar-refractivity contribution is 9.09. The summed E-state index contributed by atoms with van der Waals surface area (Å²) in [5, 5.41) is 7.26. The van der Waals surface area contributed by atoms with Crippen molar-refractivity contribution in [1.29, 1.82) is 0 Å². The molecule has 5 N–H and O–H groups in total. The number of Topliss-reactive ketones (excluding diaryl/α,β-unsaturated/α-hetero) is 3. The molecule has 1 aliphatic heterocycles. The second kappa shape index (κ2) is 43.4. The van der Waals surface area contributed by atoms with Crippen molar-refractivity contribution in [2.75, 3.05) is 132 Å². The number of hydrogen-bond acceptors (Lipinski definition) is 21. The fourth-order valence-electron chi connectivity index (χ4n) is 12.2. The molecule has 0 saturated heterocycles. The number of ether oxygens (including phenoxy) is 10. The number of aromatic amines is 1. The smallest absolute Gasteiger partial charge is 0.415 e. The summed E-state index contributed by atoms with van der Waals surface area (Å²) in [4.78, 5) is 130. The molecule has 0 bridgehead atoms. The fraction of sp³-hybridized carbons (Fsp3) is 0.494. The zero-order valence-corrected chi connectivity index (χ0v) is 66.8. The van der Waals surface area contributed by atoms with Crippen LogP contribution in [0.5, 0.6) is 23.0 Å². The van der Waals surface area contributed by atoms with E-state index in [4.69, 9.17) is 64.7 Å². The third kappa shape index (κ3) is 24.6. The molecule has 0 radical (unpaired) electrons. The summed E-state index contributed by atoms with van der Waals surface area (Å²) in [7, 11) is 8.89. The summed E-state index contributed by atoms with van der Waals surface area (Å²) in [5.74, 6) is -0.126. The Bertz CT molecular complexity index is 4160. The van der Waals surface area contributed by atoms with Crippen LogP contribution in [0.15, 0.2) is 66.2 Å². The number of rotatable bonds is 42. The number of fused-ring (bicyclic) bond motifs is 5. The second-order valence-corrected chi connectivity index (χ2v) is 27.7. The van der Waals surface area contributed by atoms with Crippen molar-refractivity contribution in [1.82, 2.24) is 35.4 Å². The molecule has 586 valence electrons. The van der Waals surface area contributed by atoms with Crippen molar-refractivity contribution < 1.29 is 90.5 Å². The van der Waals surface area contributed by atoms with Gasteiger partial charge in [0, 0.05) is 142 Å². The molecule has 6 aromatic rings. The number of carbonyl (C=O) groups excluding carboxylic acids is 9. The number of primary amides is 1. The third-order valence-corrected chi connectivity index (χ3v) is 19.5. The first-order valence-corrected chi connectivity index (χ1v) is 38.3. The summed E-state index contributed by atoms with van der Waals surface area (Å²) in [6.45, 7) is 11.4. The average Bonchev–Trinajstić information content (AvgIpc) is 1.58. The Morgan fingerprint density at radius 1 is 0.731 bits per heavy atom. The lowest BCUT2D eigenvalue weighted by Crippen LogP contribution is -2.40. The first-order chi connectivity index (χ1) is 51.9. The van der Waals surface area contributed by atoms with Gasteiger partial charge in [-0.15, -0.1) is 11.6 Å². The molecule has 108 heavy (non-hydrogen) atoms. The molecule has 0 unspecified atom stereocenters. The molecule has 1 aliphatic carbocycles. The van der Waals surface area contributed by atoms with E-state index in [1.807, 2.05) is 39.0 Å². The predicted octanol–water partition coefficient (Wildman–Crippen LogP) is 11.1. The molecule has 6 amide bonds. The Labute approximate surface area is 650 Å². The maximum absolute atomic E-state index is 14.4. The lowest BCUT2D eigenvalue weighted by atomic mass is 9.89. The first kappa shape index (κ1) is 86.5. The van der Waals surface area contributed by atoms with Gasteiger partial charge in [-0.2, -0.15) is 0 Å². The van der Waals surface area contributed by atoms with Crippen LogP contribution in [0.3, 0.4) is 0 Å². The number of aromatic nitrogens is 3. The monoisotopic (exact) mass is 1650 g/mol. The van der Waals surface area contributed by atoms with E-state index in [0.717, 1.165) is 39.2 Å². The lowest BCUT2D eigenvalue weighted by Gasteiger charge is -2.22. The highest BCUT2D eigenvalue weighted by atomic mass is 79.9. The van der Waals surface area contributed by atoms with Gasteiger partial charge in [0.15, 0.2) is 23.0 Å². The molecule has 4 aromatic carbocycles. The number of anilines is 1. The van der Waals surface area contributed by atoms with Gasteiger partial charge in [-0.05, 0) is 97.7 Å². The molecule has 0 saturated carbocycles. The van der Waals surface area contributed by atoms with Gasteiger partial charge in [-0.1, -0.05) is 70.0 Å². The minimum Gasteiger partial charge on any atom is -0.493 e. The van der Waals surface area contributed by atoms with E-state index in [1.54, 1.807) is 60.5 Å². The zero-order chi connectivity index (χ0) is 78.6. The summed E-state index contributed by atoms with van der Waals surface area (Å²) in [5.41, 5.74) is 14.2. The van der Waals surface area contributed by atoms with Crippen molar-refractivity contribution in [2.24, 2.45) is 17.6 Å². The third-order valence-electron chi connectivity index (χ3n) is 18.0. The van der Waals surface area contributed by atoms with Crippen molar-refractivity contribution in [3.05, 3.63) is 117 Å². The number of likely N-dealkylation sites (N-methyl/N-ethyl adjacent to an activating group) is 2. The maximum atomic E-state index is 14.4. The Morgan fingerprint density at radius 2 is 1.36 bits per heavy atom. The van der Waals surface area contributed by atoms with Gasteiger partial charge in [-0.3, -0.25) is 24.0 Å². The molecule has 31 heteroatoms. The van der Waals surface area contributed by atoms with Gasteiger partial charge in [0.2, 0.25) is 11.7 Å². The van der Waals surface area contributed by atoms with E-state index in [0.29, 0.717) is 152 Å². The molecule has 0 fully saturated rings. The van der Waals surface area contributed by atoms with Crippen LogP contribution in [-0.4, -0.2) is 212 Å². The summed E-state index contributed by atoms with van der Waals surface area (Å²) in [6, 6.07) is 17.0. The predicted molar refractivity (Wildman–Crippen MR) is 414 cm³/mol. The second-order valence-electron chi connectivity index (χ2n) is 26.3. The molecule has 8 rings (SSSR count). The fourth-order valence-corrected chi connectivity index (χ4v) is 13.3. The highest BCUT2D eigenvalue weighted by Gasteiger charge is 2.39. The van der Waals surface area contributed by atoms with E-state index in [9.17, 15) is 43.2 Å². The van der Waals surface area contributed by atoms with Crippen LogP contribution in [0.2, 0.25) is 0 Å². The molecule has 28 nitrogen and oxygen atoms in total. The number of benzene rings is 4. The van der Waals surface area contributed by atoms with Crippen molar-refractivity contribution in [2.45, 2.75) is 108 Å². The van der Waals surface area contributed by atoms with Gasteiger partial charge in [0.05, 0.1) is 108 Å². The standard InChI is InChI=1S/C42H45ClN4O11.C35H53Br2N5O8/c1-23(48)14-24-8-10-25(11-9-24)22-57-41(51)45(2)12-13-46(3)42(52)58-33-19-32-35(30-18-31(40(50)56-7)44-36(30)33)28(20-43)21-47(32)39(49)27-15-26-17-34(53-4)38(55-6)37(54-5)29(26)16-27;1-24(2)28(34(45)40-25(3)6-4-11-39-35(38)46)21-27(43)10-13-48-15-17-50-19-18-49-16-14-47-12-5-7-33(44)26-8-9-29-30(20-26)42-32(23-37)31(22-36)41-29/h8-11,15,17-19,28,44H,12-14,16,20-22H2,1-7H3;8-9,20,24-25,28H,4-7,10-19,21-23H2,1-3H3,(H,40,45)(H3,38,39,46)/t28-;25-,28+/m11/s1. The topological polar surface area (TPSA) is 347 Å². The lowest BCUT2D eigenvalue weighted by molar-refractivity contribution is -0.131. The van der Waals surface area contributed by atoms with Crippen LogP contribution in [0.1, 0.15) is 132 Å². The first-order valence-electron chi connectivity index (χ1n) is 35.5. The molecular weight excluding hydrogens is 1550 g/mol. The number of nitrogens with zero attached hydrogens (tertiary/aromatic N) is 5. The number of halogens is 3. The van der Waals surface area contributed by atoms with Crippen LogP contribution >= 0.6 is 43.5 Å². The molecule has 2 aromatic heterocycles. The Hall–Kier alpha value is -8.78. The summed E-state index contributed by atoms with van der Waals surface area (Å²) >= 11 is 13.4. The Kier molecular flexibility index (Phi) is 34.8. The van der Waals surface area contributed by atoms with Gasteiger partial charge in [-0.25, -0.2) is 29.1 Å². The SMILES string of the molecule is CC(C)[C@H](CC(=O)CCOCCOCCOCCOCCCC(=O)c1ccc2nc(CBr)c(CBr)nc2c1)C(=O)N[C@H](C)CCCNC(N)=O.COC(=O)c1cc2c3c(cc(OC(=O)N(C)CCN(C)C(=O)OCc4ccc(CC(C)=O)cc4)c2[nH]1)N(C(=O)C1=Cc2cc(OC)c(OC)c(OC)c2C1)C[C@H]3CCl. The Morgan fingerprint density at radius 3 is 1.96 bits per heavy atom. The van der Waals surface area contributed by atoms with E-state index in [2.05, 4.69) is 57.4 Å². The van der Waals surface area contributed by atoms with Gasteiger partial charge < -0.3 is 83.4 Å². The van der Waals surface area contributed by atoms with Crippen LogP contribution in [-0.2, 0) is 77.7 Å². The number of amides is 6. The largest absolute Gasteiger partial charge is 0.493 e. The van der Waals surface area contributed by atoms with Gasteiger partial charge >= 0.3 is 24.2 Å². The number of hydrogen-bond donors (Lipinski definition) is 4. The van der Waals surface area contributed by atoms with Crippen molar-refractivity contribution in [3.8, 4) is 23.0 Å². The van der Waals surface area contributed by atoms with E-state index in [-0.39, 0.29) is 116 Å². The van der Waals surface area contributed by atoms with E-state index >= 15 is 0 Å². The quantitative estimate of drug-likeness (QED) is 0.0120. The number of nitrogens with one attached hydrogen (secondary N) is 3. The van der Waals surface area contributed by atoms with Crippen LogP contribution in [0.4, 0.5) is 20.1 Å². The minimum atomic E-state index is -0.753. The highest BCUT2D eigenvalue weighted by Crippen LogP contribution is 2.49. The Balaban J connectivity index is 0.000000305. The number of ketones is 3. The molecule has 3 atom stereocenters. The van der Waals surface area contributed by atoms with Crippen LogP contribution in [0, 0.1) is 11.8 Å². The summed E-state index contributed by atoms with van der Waals surface area (Å²) in [6.07, 6.45) is 3.81. The van der Waals surface area contributed by atoms with Gasteiger partial charge in [0.1, 0.15) is 23.9 Å². The number of esters is 1. The average molecular weight is 1650 g/mol. The van der Waals surface area contributed by atoms with Crippen LogP contribution in [0.25, 0.3) is 28.0 Å². The van der Waals surface area contributed by atoms with Crippen molar-refractivity contribution >= 4 is 131 Å². The minimum absolute atomic E-state index is 0.0148. The number of alkyl halides is 3. The van der Waals surface area contributed by atoms with E-state index < -0.39 is 30.1 Å². The van der Waals surface area contributed by atoms with E-state index in [1.165, 1.54) is 52.2 Å². The number of methoxy groups -OCH3 is 4. The molecule has 2 aliphatic rings. The number of carbonyl (C=O) groups is 9. The molecular formula is C77H98Br2ClN9O19. The normalized spacial score (nSPS) is 13.3. The zero-order valence-electron chi connectivity index (χ0n) is 62.8. The molecule has 0 spiro atoms. The molecule has 3 heterocycles. The van der Waals surface area contributed by atoms with Crippen molar-refractivity contribution in [3.63, 3.8) is 0 Å². The van der Waals surface area contributed by atoms with Gasteiger partial charge in [0.25, 0.3) is 5.91 Å². The number of urea groups is 1. The number of nitrogens with two attached hydrogens (primary N) is 1. The summed E-state index contributed by atoms with van der Waals surface area (Å²) < 4.78 is 55.3. The van der Waals surface area contributed by atoms with Crippen LogP contribution < -0.4 is 40.2 Å². The maximum Gasteiger partial charge on any atom is 0.415 e.